The normalized spacial score (nSPS) is 14.7. The molecule has 0 unspecified atom stereocenters. The van der Waals surface area contributed by atoms with Gasteiger partial charge in [-0.25, -0.2) is 0 Å². The topological polar surface area (TPSA) is 49.8 Å². The van der Waals surface area contributed by atoms with Crippen LogP contribution in [0.3, 0.4) is 0 Å². The summed E-state index contributed by atoms with van der Waals surface area (Å²) in [6, 6.07) is 6.57. The van der Waals surface area contributed by atoms with Crippen LogP contribution in [-0.4, -0.2) is 41.7 Å². The van der Waals surface area contributed by atoms with Gasteiger partial charge in [0.05, 0.1) is 6.54 Å². The van der Waals surface area contributed by atoms with Gasteiger partial charge in [0.2, 0.25) is 0 Å². The first-order chi connectivity index (χ1) is 9.06. The molecule has 4 heteroatoms. The van der Waals surface area contributed by atoms with Crippen LogP contribution in [0.15, 0.2) is 18.2 Å². The molecule has 0 atom stereocenters. The standard InChI is InChI=1S/C15H21NO3/c1-11-3-4-12(2)14(9-11)19-8-7-16(10-15(17)18)13-5-6-13/h3-4,9,13H,5-8,10H2,1-2H3,(H,17,18). The second kappa shape index (κ2) is 6.06. The van der Waals surface area contributed by atoms with E-state index in [1.54, 1.807) is 0 Å². The molecule has 0 amide bonds. The van der Waals surface area contributed by atoms with Crippen LogP contribution >= 0.6 is 0 Å². The van der Waals surface area contributed by atoms with Crippen LogP contribution in [0, 0.1) is 13.8 Å². The molecule has 1 saturated carbocycles. The fourth-order valence-corrected chi connectivity index (χ4v) is 2.14. The minimum atomic E-state index is -0.765. The molecule has 19 heavy (non-hydrogen) atoms. The Hall–Kier alpha value is -1.55. The van der Waals surface area contributed by atoms with E-state index in [1.807, 2.05) is 30.9 Å². The summed E-state index contributed by atoms with van der Waals surface area (Å²) >= 11 is 0. The molecule has 1 aliphatic rings. The fourth-order valence-electron chi connectivity index (χ4n) is 2.14. The van der Waals surface area contributed by atoms with E-state index in [0.29, 0.717) is 19.2 Å². The number of ether oxygens (including phenoxy) is 1. The maximum absolute atomic E-state index is 10.8. The summed E-state index contributed by atoms with van der Waals surface area (Å²) in [5, 5.41) is 8.87. The van der Waals surface area contributed by atoms with Gasteiger partial charge < -0.3 is 9.84 Å². The lowest BCUT2D eigenvalue weighted by molar-refractivity contribution is -0.138. The average Bonchev–Trinajstić information content (AvgIpc) is 3.16. The summed E-state index contributed by atoms with van der Waals surface area (Å²) in [6.07, 6.45) is 2.22. The Labute approximate surface area is 114 Å². The molecule has 1 aromatic rings. The zero-order valence-electron chi connectivity index (χ0n) is 11.6. The molecule has 0 radical (unpaired) electrons. The molecular formula is C15H21NO3. The van der Waals surface area contributed by atoms with Crippen LogP contribution in [0.1, 0.15) is 24.0 Å². The average molecular weight is 263 g/mol. The van der Waals surface area contributed by atoms with Gasteiger partial charge in [0.25, 0.3) is 0 Å². The van der Waals surface area contributed by atoms with E-state index in [2.05, 4.69) is 6.07 Å². The number of hydrogen-bond acceptors (Lipinski definition) is 3. The Morgan fingerprint density at radius 2 is 2.16 bits per heavy atom. The molecule has 0 heterocycles. The molecule has 2 rings (SSSR count). The molecule has 0 aromatic heterocycles. The van der Waals surface area contributed by atoms with Gasteiger partial charge in [-0.15, -0.1) is 0 Å². The molecule has 104 valence electrons. The zero-order chi connectivity index (χ0) is 13.8. The van der Waals surface area contributed by atoms with E-state index in [1.165, 1.54) is 5.56 Å². The number of aliphatic carboxylic acids is 1. The summed E-state index contributed by atoms with van der Waals surface area (Å²) in [5.74, 6) is 0.129. The third-order valence-electron chi connectivity index (χ3n) is 3.38. The van der Waals surface area contributed by atoms with Crippen LogP contribution in [0.2, 0.25) is 0 Å². The summed E-state index contributed by atoms with van der Waals surface area (Å²) in [7, 11) is 0. The van der Waals surface area contributed by atoms with Crippen molar-refractivity contribution >= 4 is 5.97 Å². The minimum absolute atomic E-state index is 0.112. The van der Waals surface area contributed by atoms with Crippen LogP contribution in [0.5, 0.6) is 5.75 Å². The van der Waals surface area contributed by atoms with Crippen molar-refractivity contribution in [1.29, 1.82) is 0 Å². The maximum atomic E-state index is 10.8. The van der Waals surface area contributed by atoms with Crippen molar-refractivity contribution < 1.29 is 14.6 Å². The van der Waals surface area contributed by atoms with Crippen molar-refractivity contribution in [3.8, 4) is 5.75 Å². The Morgan fingerprint density at radius 3 is 2.79 bits per heavy atom. The molecular weight excluding hydrogens is 242 g/mol. The molecule has 1 fully saturated rings. The van der Waals surface area contributed by atoms with E-state index in [0.717, 1.165) is 24.2 Å². The monoisotopic (exact) mass is 263 g/mol. The number of rotatable bonds is 7. The predicted molar refractivity (Wildman–Crippen MR) is 73.6 cm³/mol. The lowest BCUT2D eigenvalue weighted by Gasteiger charge is -2.20. The Bertz CT molecular complexity index is 455. The SMILES string of the molecule is Cc1ccc(C)c(OCCN(CC(=O)O)C2CC2)c1. The number of carbonyl (C=O) groups is 1. The van der Waals surface area contributed by atoms with Gasteiger partial charge in [-0.2, -0.15) is 0 Å². The highest BCUT2D eigenvalue weighted by atomic mass is 16.5. The molecule has 1 aromatic carbocycles. The molecule has 1 N–H and O–H groups in total. The number of aryl methyl sites for hydroxylation is 2. The highest BCUT2D eigenvalue weighted by Crippen LogP contribution is 2.26. The summed E-state index contributed by atoms with van der Waals surface area (Å²) in [4.78, 5) is 12.8. The summed E-state index contributed by atoms with van der Waals surface area (Å²) in [5.41, 5.74) is 2.28. The third-order valence-corrected chi connectivity index (χ3v) is 3.38. The van der Waals surface area contributed by atoms with Gasteiger partial charge in [-0.05, 0) is 43.9 Å². The second-order valence-electron chi connectivity index (χ2n) is 5.21. The third kappa shape index (κ3) is 4.24. The second-order valence-corrected chi connectivity index (χ2v) is 5.21. The van der Waals surface area contributed by atoms with Crippen molar-refractivity contribution in [1.82, 2.24) is 4.90 Å². The molecule has 0 saturated heterocycles. The van der Waals surface area contributed by atoms with Gasteiger partial charge in [-0.3, -0.25) is 9.69 Å². The van der Waals surface area contributed by atoms with Gasteiger partial charge in [0, 0.05) is 12.6 Å². The number of carboxylic acid groups (broad SMARTS) is 1. The van der Waals surface area contributed by atoms with Gasteiger partial charge >= 0.3 is 5.97 Å². The first-order valence-electron chi connectivity index (χ1n) is 6.72. The van der Waals surface area contributed by atoms with Crippen LogP contribution in [0.25, 0.3) is 0 Å². The van der Waals surface area contributed by atoms with Crippen LogP contribution in [0.4, 0.5) is 0 Å². The Kier molecular flexibility index (Phi) is 4.43. The number of nitrogens with zero attached hydrogens (tertiary/aromatic N) is 1. The van der Waals surface area contributed by atoms with Gasteiger partial charge in [0.15, 0.2) is 0 Å². The first kappa shape index (κ1) is 13.9. The van der Waals surface area contributed by atoms with E-state index < -0.39 is 5.97 Å². The van der Waals surface area contributed by atoms with Crippen molar-refractivity contribution in [3.05, 3.63) is 29.3 Å². The van der Waals surface area contributed by atoms with Gasteiger partial charge in [-0.1, -0.05) is 12.1 Å². The highest BCUT2D eigenvalue weighted by molar-refractivity contribution is 5.69. The lowest BCUT2D eigenvalue weighted by Crippen LogP contribution is -2.35. The number of hydrogen-bond donors (Lipinski definition) is 1. The van der Waals surface area contributed by atoms with E-state index in [-0.39, 0.29) is 6.54 Å². The summed E-state index contributed by atoms with van der Waals surface area (Å²) in [6.45, 7) is 5.37. The molecule has 4 nitrogen and oxygen atoms in total. The molecule has 0 aliphatic heterocycles. The number of benzene rings is 1. The predicted octanol–water partition coefficient (Wildman–Crippen LogP) is 2.23. The van der Waals surface area contributed by atoms with E-state index >= 15 is 0 Å². The molecule has 0 bridgehead atoms. The maximum Gasteiger partial charge on any atom is 0.317 e. The van der Waals surface area contributed by atoms with E-state index in [4.69, 9.17) is 9.84 Å². The molecule has 0 spiro atoms. The summed E-state index contributed by atoms with van der Waals surface area (Å²) < 4.78 is 5.77. The van der Waals surface area contributed by atoms with Gasteiger partial charge in [0.1, 0.15) is 12.4 Å². The minimum Gasteiger partial charge on any atom is -0.492 e. The first-order valence-corrected chi connectivity index (χ1v) is 6.72. The van der Waals surface area contributed by atoms with Crippen molar-refractivity contribution in [2.75, 3.05) is 19.7 Å². The smallest absolute Gasteiger partial charge is 0.317 e. The Morgan fingerprint density at radius 1 is 1.42 bits per heavy atom. The van der Waals surface area contributed by atoms with Crippen molar-refractivity contribution in [2.24, 2.45) is 0 Å². The molecule has 1 aliphatic carbocycles. The van der Waals surface area contributed by atoms with Crippen LogP contribution in [-0.2, 0) is 4.79 Å². The lowest BCUT2D eigenvalue weighted by atomic mass is 10.1. The van der Waals surface area contributed by atoms with Crippen LogP contribution < -0.4 is 4.74 Å². The Balaban J connectivity index is 1.84. The quantitative estimate of drug-likeness (QED) is 0.819. The van der Waals surface area contributed by atoms with Crippen molar-refractivity contribution in [2.45, 2.75) is 32.7 Å². The zero-order valence-corrected chi connectivity index (χ0v) is 11.6. The largest absolute Gasteiger partial charge is 0.492 e. The fraction of sp³-hybridized carbons (Fsp3) is 0.533. The number of carboxylic acids is 1. The van der Waals surface area contributed by atoms with E-state index in [9.17, 15) is 4.79 Å². The van der Waals surface area contributed by atoms with Crippen molar-refractivity contribution in [3.63, 3.8) is 0 Å². The highest BCUT2D eigenvalue weighted by Gasteiger charge is 2.29.